The van der Waals surface area contributed by atoms with Crippen molar-refractivity contribution < 1.29 is 38.1 Å². The molecule has 1 N–H and O–H groups in total. The molecule has 36 heavy (non-hydrogen) atoms. The fourth-order valence-corrected chi connectivity index (χ4v) is 8.23. The maximum atomic E-state index is 17.3. The van der Waals surface area contributed by atoms with E-state index in [1.807, 2.05) is 0 Å². The summed E-state index contributed by atoms with van der Waals surface area (Å²) in [5, 5.41) is 11.5. The van der Waals surface area contributed by atoms with Gasteiger partial charge in [-0.05, 0) is 50.7 Å². The van der Waals surface area contributed by atoms with Gasteiger partial charge in [0.15, 0.2) is 22.8 Å². The Hall–Kier alpha value is -2.06. The molecule has 4 aliphatic rings. The molecule has 8 atom stereocenters. The number of halogens is 2. The predicted molar refractivity (Wildman–Crippen MR) is 129 cm³/mol. The average molecular weight is 525 g/mol. The van der Waals surface area contributed by atoms with Gasteiger partial charge in [-0.3, -0.25) is 19.2 Å². The van der Waals surface area contributed by atoms with Crippen LogP contribution in [-0.4, -0.2) is 59.0 Å². The first-order chi connectivity index (χ1) is 16.8. The zero-order chi connectivity index (χ0) is 26.7. The van der Waals surface area contributed by atoms with Crippen molar-refractivity contribution in [1.82, 2.24) is 0 Å². The van der Waals surface area contributed by atoms with E-state index in [-0.39, 0.29) is 31.0 Å². The molecule has 0 aromatic heterocycles. The Balaban J connectivity index is 1.76. The van der Waals surface area contributed by atoms with Crippen LogP contribution in [-0.2, 0) is 28.7 Å². The number of aliphatic hydroxyl groups excluding tert-OH is 1. The lowest BCUT2D eigenvalue weighted by molar-refractivity contribution is -0.227. The van der Waals surface area contributed by atoms with Crippen LogP contribution in [0.1, 0.15) is 59.3 Å². The zero-order valence-corrected chi connectivity index (χ0v) is 21.9. The van der Waals surface area contributed by atoms with Crippen LogP contribution in [0.15, 0.2) is 23.8 Å². The summed E-state index contributed by atoms with van der Waals surface area (Å²) in [6.45, 7) is 5.31. The van der Waals surface area contributed by atoms with Gasteiger partial charge in [-0.25, -0.2) is 4.39 Å². The van der Waals surface area contributed by atoms with Crippen LogP contribution in [0, 0.1) is 28.6 Å². The molecule has 9 heteroatoms. The van der Waals surface area contributed by atoms with Crippen molar-refractivity contribution in [1.29, 1.82) is 0 Å². The van der Waals surface area contributed by atoms with Crippen LogP contribution in [0.4, 0.5) is 4.39 Å². The fourth-order valence-electron chi connectivity index (χ4n) is 8.03. The third kappa shape index (κ3) is 3.46. The molecule has 4 rings (SSSR count). The van der Waals surface area contributed by atoms with Gasteiger partial charge in [-0.1, -0.05) is 25.5 Å². The smallest absolute Gasteiger partial charge is 0.307 e. The minimum Gasteiger partial charge on any atom is -0.469 e. The van der Waals surface area contributed by atoms with Crippen molar-refractivity contribution in [3.05, 3.63) is 23.8 Å². The number of Topliss-reactive ketones (excluding diaryl/α,β-unsaturated/α-hetero) is 1. The molecule has 0 aromatic rings. The minimum absolute atomic E-state index is 0.118. The summed E-state index contributed by atoms with van der Waals surface area (Å²) in [6, 6.07) is 0. The van der Waals surface area contributed by atoms with Crippen molar-refractivity contribution in [2.75, 3.05) is 13.0 Å². The molecule has 0 aliphatic heterocycles. The first kappa shape index (κ1) is 27.0. The van der Waals surface area contributed by atoms with Gasteiger partial charge >= 0.3 is 11.9 Å². The highest BCUT2D eigenvalue weighted by Gasteiger charge is 2.77. The minimum atomic E-state index is -2.06. The van der Waals surface area contributed by atoms with E-state index in [4.69, 9.17) is 16.3 Å². The Kier molecular flexibility index (Phi) is 6.78. The number of esters is 2. The van der Waals surface area contributed by atoms with Crippen LogP contribution >= 0.6 is 11.6 Å². The topological polar surface area (TPSA) is 107 Å². The number of ether oxygens (including phenoxy) is 2. The highest BCUT2D eigenvalue weighted by Crippen LogP contribution is 2.71. The summed E-state index contributed by atoms with van der Waals surface area (Å²) in [6.07, 6.45) is 3.62. The molecule has 3 fully saturated rings. The number of methoxy groups -OCH3 is 1. The van der Waals surface area contributed by atoms with Crippen molar-refractivity contribution in [2.24, 2.45) is 28.6 Å². The van der Waals surface area contributed by atoms with Crippen molar-refractivity contribution >= 4 is 35.1 Å². The molecule has 0 heterocycles. The summed E-state index contributed by atoms with van der Waals surface area (Å²) in [5.74, 6) is -3.91. The zero-order valence-electron chi connectivity index (χ0n) is 21.1. The van der Waals surface area contributed by atoms with Gasteiger partial charge in [-0.15, -0.1) is 11.6 Å². The number of ketones is 2. The first-order valence-corrected chi connectivity index (χ1v) is 13.0. The lowest BCUT2D eigenvalue weighted by Crippen LogP contribution is -2.70. The highest BCUT2D eigenvalue weighted by molar-refractivity contribution is 6.29. The van der Waals surface area contributed by atoms with E-state index in [1.165, 1.54) is 19.3 Å². The molecule has 3 saturated carbocycles. The summed E-state index contributed by atoms with van der Waals surface area (Å²) in [4.78, 5) is 49.9. The number of carbonyl (C=O) groups excluding carboxylic acids is 4. The summed E-state index contributed by atoms with van der Waals surface area (Å²) in [5.41, 5.74) is -5.30. The maximum Gasteiger partial charge on any atom is 0.307 e. The van der Waals surface area contributed by atoms with Gasteiger partial charge in [0.1, 0.15) is 0 Å². The van der Waals surface area contributed by atoms with E-state index in [0.717, 1.165) is 0 Å². The SMILES string of the molecule is COC(=O)CCC(=O)O[C@]1(C(=O)CCl)[C@H](C)C[C@H]2[C@@H]3CCC4=CC(=O)C=C[C@]4(C)[C@@]3(F)[C@H](O)C[C@@]21C. The van der Waals surface area contributed by atoms with Gasteiger partial charge in [0, 0.05) is 22.7 Å². The quantitative estimate of drug-likeness (QED) is 0.417. The number of hydrogen-bond acceptors (Lipinski definition) is 7. The van der Waals surface area contributed by atoms with E-state index in [2.05, 4.69) is 4.74 Å². The van der Waals surface area contributed by atoms with E-state index < -0.39 is 63.6 Å². The Morgan fingerprint density at radius 3 is 2.50 bits per heavy atom. The third-order valence-electron chi connectivity index (χ3n) is 9.75. The van der Waals surface area contributed by atoms with Gasteiger partial charge in [0.2, 0.25) is 0 Å². The van der Waals surface area contributed by atoms with Crippen molar-refractivity contribution in [3.63, 3.8) is 0 Å². The average Bonchev–Trinajstić information content (AvgIpc) is 3.05. The van der Waals surface area contributed by atoms with Crippen LogP contribution < -0.4 is 0 Å². The number of aliphatic hydroxyl groups is 1. The number of rotatable bonds is 6. The number of fused-ring (bicyclic) bond motifs is 5. The molecule has 198 valence electrons. The Morgan fingerprint density at radius 2 is 1.86 bits per heavy atom. The molecular formula is C27H34ClFO7. The van der Waals surface area contributed by atoms with Crippen LogP contribution in [0.5, 0.6) is 0 Å². The van der Waals surface area contributed by atoms with E-state index in [1.54, 1.807) is 26.8 Å². The number of hydrogen-bond donors (Lipinski definition) is 1. The Morgan fingerprint density at radius 1 is 1.19 bits per heavy atom. The second-order valence-electron chi connectivity index (χ2n) is 11.2. The maximum absolute atomic E-state index is 17.3. The fraction of sp³-hybridized carbons (Fsp3) is 0.704. The van der Waals surface area contributed by atoms with Gasteiger partial charge in [-0.2, -0.15) is 0 Å². The molecular weight excluding hydrogens is 491 g/mol. The van der Waals surface area contributed by atoms with E-state index in [9.17, 15) is 24.3 Å². The summed E-state index contributed by atoms with van der Waals surface area (Å²) < 4.78 is 27.9. The first-order valence-electron chi connectivity index (χ1n) is 12.5. The standard InChI is InChI=1S/C27H34ClFO7/c1-15-11-19-18-6-5-16-12-17(30)9-10-24(16,2)26(18,29)20(31)13-25(19,3)27(15,21(32)14-28)36-23(34)8-7-22(33)35-4/h9-10,12,15,18-20,31H,5-8,11,13-14H2,1-4H3/t15-,18+,19+,20-,24+,25+,26+,27+/m1/s1. The molecule has 0 aromatic carbocycles. The molecule has 0 saturated heterocycles. The molecule has 0 unspecified atom stereocenters. The molecule has 7 nitrogen and oxygen atoms in total. The third-order valence-corrected chi connectivity index (χ3v) is 10.00. The van der Waals surface area contributed by atoms with Crippen LogP contribution in [0.3, 0.4) is 0 Å². The second-order valence-corrected chi connectivity index (χ2v) is 11.5. The lowest BCUT2D eigenvalue weighted by atomic mass is 9.44. The highest BCUT2D eigenvalue weighted by atomic mass is 35.5. The number of carbonyl (C=O) groups is 4. The molecule has 4 aliphatic carbocycles. The molecule has 0 amide bonds. The van der Waals surface area contributed by atoms with E-state index >= 15 is 4.39 Å². The second kappa shape index (κ2) is 9.05. The summed E-state index contributed by atoms with van der Waals surface area (Å²) in [7, 11) is 1.21. The predicted octanol–water partition coefficient (Wildman–Crippen LogP) is 3.65. The normalized spacial score (nSPS) is 43.1. The van der Waals surface area contributed by atoms with Crippen molar-refractivity contribution in [2.45, 2.75) is 76.7 Å². The van der Waals surface area contributed by atoms with E-state index in [0.29, 0.717) is 24.8 Å². The van der Waals surface area contributed by atoms with Gasteiger partial charge < -0.3 is 14.6 Å². The molecule has 0 spiro atoms. The van der Waals surface area contributed by atoms with Crippen LogP contribution in [0.25, 0.3) is 0 Å². The van der Waals surface area contributed by atoms with Crippen LogP contribution in [0.2, 0.25) is 0 Å². The molecule has 0 radical (unpaired) electrons. The number of allylic oxidation sites excluding steroid dienone is 4. The van der Waals surface area contributed by atoms with Gasteiger partial charge in [0.25, 0.3) is 0 Å². The van der Waals surface area contributed by atoms with Crippen molar-refractivity contribution in [3.8, 4) is 0 Å². The van der Waals surface area contributed by atoms with Gasteiger partial charge in [0.05, 0.1) is 31.9 Å². The Bertz CT molecular complexity index is 1050. The lowest BCUT2D eigenvalue weighted by Gasteiger charge is -2.62. The largest absolute Gasteiger partial charge is 0.469 e. The number of alkyl halides is 2. The molecule has 0 bridgehead atoms. The summed E-state index contributed by atoms with van der Waals surface area (Å²) >= 11 is 6.04. The monoisotopic (exact) mass is 524 g/mol. The Labute approximate surface area is 215 Å².